The first-order valence-corrected chi connectivity index (χ1v) is 7.64. The van der Waals surface area contributed by atoms with E-state index in [1.54, 1.807) is 11.8 Å². The number of benzene rings is 1. The minimum absolute atomic E-state index is 0.130. The molecule has 0 radical (unpaired) electrons. The van der Waals surface area contributed by atoms with Crippen LogP contribution in [0.5, 0.6) is 5.75 Å². The summed E-state index contributed by atoms with van der Waals surface area (Å²) in [6.07, 6.45) is 0.875. The van der Waals surface area contributed by atoms with Crippen molar-refractivity contribution in [2.24, 2.45) is 0 Å². The lowest BCUT2D eigenvalue weighted by Crippen LogP contribution is -2.33. The van der Waals surface area contributed by atoms with Crippen molar-refractivity contribution in [3.8, 4) is 17.6 Å². The second-order valence-electron chi connectivity index (χ2n) is 4.95. The van der Waals surface area contributed by atoms with Gasteiger partial charge < -0.3 is 10.1 Å². The average molecular weight is 299 g/mol. The van der Waals surface area contributed by atoms with Crippen LogP contribution in [0.15, 0.2) is 12.1 Å². The number of thiazole rings is 1. The van der Waals surface area contributed by atoms with Gasteiger partial charge in [-0.25, -0.2) is 9.78 Å². The Morgan fingerprint density at radius 3 is 3.29 bits per heavy atom. The largest absolute Gasteiger partial charge is 0.493 e. The lowest BCUT2D eigenvalue weighted by Gasteiger charge is -2.14. The van der Waals surface area contributed by atoms with Crippen LogP contribution in [0.3, 0.4) is 0 Å². The van der Waals surface area contributed by atoms with Crippen molar-refractivity contribution in [1.82, 2.24) is 10.3 Å². The molecule has 2 aliphatic heterocycles. The van der Waals surface area contributed by atoms with Crippen LogP contribution in [0, 0.1) is 11.8 Å². The molecule has 1 atom stereocenters. The number of nitrogens with zero attached hydrogens (tertiary/aromatic N) is 2. The van der Waals surface area contributed by atoms with Crippen molar-refractivity contribution in [2.45, 2.75) is 19.4 Å². The zero-order valence-electron chi connectivity index (χ0n) is 11.5. The minimum Gasteiger partial charge on any atom is -0.493 e. The number of carbonyl (C=O) groups is 1. The molecule has 6 heteroatoms. The molecule has 1 saturated heterocycles. The number of carbonyl (C=O) groups excluding carboxylic acids is 1. The Morgan fingerprint density at radius 1 is 1.52 bits per heavy atom. The predicted octanol–water partition coefficient (Wildman–Crippen LogP) is 2.15. The number of fused-ring (bicyclic) bond motifs is 3. The van der Waals surface area contributed by atoms with Gasteiger partial charge in [0, 0.05) is 12.0 Å². The fourth-order valence-electron chi connectivity index (χ4n) is 2.77. The van der Waals surface area contributed by atoms with Crippen molar-refractivity contribution in [2.75, 3.05) is 18.1 Å². The number of urea groups is 1. The number of hydrogen-bond donors (Lipinski definition) is 1. The Balaban J connectivity index is 1.83. The Labute approximate surface area is 125 Å². The van der Waals surface area contributed by atoms with E-state index < -0.39 is 0 Å². The summed E-state index contributed by atoms with van der Waals surface area (Å²) in [6.45, 7) is 3.02. The van der Waals surface area contributed by atoms with Crippen LogP contribution in [-0.2, 0) is 6.42 Å². The summed E-state index contributed by atoms with van der Waals surface area (Å²) >= 11 is 1.52. The number of nitrogens with one attached hydrogen (secondary N) is 1. The summed E-state index contributed by atoms with van der Waals surface area (Å²) in [6, 6.07) is 3.72. The molecule has 0 spiro atoms. The van der Waals surface area contributed by atoms with Gasteiger partial charge in [-0.1, -0.05) is 17.3 Å². The first-order valence-electron chi connectivity index (χ1n) is 6.82. The zero-order valence-corrected chi connectivity index (χ0v) is 12.3. The van der Waals surface area contributed by atoms with Crippen LogP contribution < -0.4 is 15.0 Å². The minimum atomic E-state index is -0.146. The molecular weight excluding hydrogens is 286 g/mol. The van der Waals surface area contributed by atoms with Gasteiger partial charge in [0.05, 0.1) is 23.4 Å². The van der Waals surface area contributed by atoms with Crippen molar-refractivity contribution in [3.63, 3.8) is 0 Å². The van der Waals surface area contributed by atoms with E-state index in [1.807, 2.05) is 12.1 Å². The van der Waals surface area contributed by atoms with Gasteiger partial charge in [0.1, 0.15) is 11.8 Å². The molecule has 4 rings (SSSR count). The number of hydrogen-bond acceptors (Lipinski definition) is 4. The summed E-state index contributed by atoms with van der Waals surface area (Å²) < 4.78 is 6.65. The fourth-order valence-corrected chi connectivity index (χ4v) is 3.81. The molecule has 0 bridgehead atoms. The Kier molecular flexibility index (Phi) is 2.76. The van der Waals surface area contributed by atoms with Crippen LogP contribution in [0.1, 0.15) is 12.5 Å². The zero-order chi connectivity index (χ0) is 14.4. The second kappa shape index (κ2) is 4.64. The van der Waals surface area contributed by atoms with Crippen LogP contribution in [-0.4, -0.2) is 30.2 Å². The monoisotopic (exact) mass is 299 g/mol. The molecule has 0 saturated carbocycles. The second-order valence-corrected chi connectivity index (χ2v) is 5.96. The number of rotatable bonds is 1. The van der Waals surface area contributed by atoms with Gasteiger partial charge in [-0.05, 0) is 19.1 Å². The van der Waals surface area contributed by atoms with Gasteiger partial charge in [0.2, 0.25) is 0 Å². The van der Waals surface area contributed by atoms with E-state index in [-0.39, 0.29) is 12.1 Å². The Bertz CT molecular complexity index is 802. The molecule has 5 nitrogen and oxygen atoms in total. The fraction of sp³-hybridized carbons (Fsp3) is 0.333. The third-order valence-corrected chi connectivity index (χ3v) is 4.74. The average Bonchev–Trinajstić information content (AvgIpc) is 3.15. The highest BCUT2D eigenvalue weighted by Crippen LogP contribution is 2.38. The van der Waals surface area contributed by atoms with Crippen LogP contribution in [0.25, 0.3) is 10.2 Å². The maximum atomic E-state index is 12.1. The van der Waals surface area contributed by atoms with Crippen LogP contribution >= 0.6 is 11.3 Å². The van der Waals surface area contributed by atoms with Gasteiger partial charge >= 0.3 is 6.03 Å². The normalized spacial score (nSPS) is 20.0. The molecule has 0 aliphatic carbocycles. The highest BCUT2D eigenvalue weighted by atomic mass is 32.1. The quantitative estimate of drug-likeness (QED) is 0.821. The third kappa shape index (κ3) is 1.85. The Hall–Kier alpha value is -2.26. The summed E-state index contributed by atoms with van der Waals surface area (Å²) in [5, 5.41) is 3.53. The molecular formula is C15H13N3O2S. The standard InChI is InChI=1S/C15H13N3O2S/c1-2-3-9-8-16-14(19)18(9)15-17-13-10-6-7-20-11(10)4-5-12(13)21-15/h4-5,9H,6-8H2,1H3,(H,16,19). The molecule has 106 valence electrons. The molecule has 2 aliphatic rings. The van der Waals surface area contributed by atoms with Crippen LogP contribution in [0.4, 0.5) is 9.93 Å². The van der Waals surface area contributed by atoms with Crippen molar-refractivity contribution in [1.29, 1.82) is 0 Å². The number of amides is 2. The summed E-state index contributed by atoms with van der Waals surface area (Å²) in [5.41, 5.74) is 2.10. The molecule has 2 amide bonds. The molecule has 1 N–H and O–H groups in total. The summed E-state index contributed by atoms with van der Waals surface area (Å²) in [4.78, 5) is 18.4. The van der Waals surface area contributed by atoms with Gasteiger partial charge in [-0.15, -0.1) is 5.92 Å². The summed E-state index contributed by atoms with van der Waals surface area (Å²) in [7, 11) is 0. The van der Waals surface area contributed by atoms with E-state index in [1.165, 1.54) is 11.3 Å². The van der Waals surface area contributed by atoms with Gasteiger partial charge in [-0.3, -0.25) is 4.90 Å². The Morgan fingerprint density at radius 2 is 2.43 bits per heavy atom. The number of aromatic nitrogens is 1. The molecule has 21 heavy (non-hydrogen) atoms. The molecule has 2 aromatic rings. The molecule has 1 aromatic heterocycles. The first kappa shape index (κ1) is 12.5. The highest BCUT2D eigenvalue weighted by molar-refractivity contribution is 7.22. The first-order chi connectivity index (χ1) is 10.3. The van der Waals surface area contributed by atoms with E-state index in [9.17, 15) is 4.79 Å². The smallest absolute Gasteiger partial charge is 0.324 e. The van der Waals surface area contributed by atoms with Gasteiger partial charge in [0.15, 0.2) is 5.13 Å². The third-order valence-electron chi connectivity index (χ3n) is 3.72. The van der Waals surface area contributed by atoms with Crippen molar-refractivity contribution < 1.29 is 9.53 Å². The maximum absolute atomic E-state index is 12.1. The lowest BCUT2D eigenvalue weighted by molar-refractivity contribution is 0.252. The highest BCUT2D eigenvalue weighted by Gasteiger charge is 2.33. The number of anilines is 1. The molecule has 3 heterocycles. The van der Waals surface area contributed by atoms with E-state index in [4.69, 9.17) is 4.74 Å². The van der Waals surface area contributed by atoms with E-state index >= 15 is 0 Å². The SMILES string of the molecule is CC#CC1CNC(=O)N1c1nc2c3c(ccc2s1)OCC3. The van der Waals surface area contributed by atoms with Gasteiger partial charge in [0.25, 0.3) is 0 Å². The predicted molar refractivity (Wildman–Crippen MR) is 81.9 cm³/mol. The molecule has 1 fully saturated rings. The van der Waals surface area contributed by atoms with Gasteiger partial charge in [-0.2, -0.15) is 0 Å². The maximum Gasteiger partial charge on any atom is 0.324 e. The summed E-state index contributed by atoms with van der Waals surface area (Å²) in [5.74, 6) is 6.85. The van der Waals surface area contributed by atoms with Crippen LogP contribution in [0.2, 0.25) is 0 Å². The van der Waals surface area contributed by atoms with E-state index in [0.717, 1.165) is 28.0 Å². The van der Waals surface area contributed by atoms with E-state index in [2.05, 4.69) is 22.1 Å². The van der Waals surface area contributed by atoms with Crippen molar-refractivity contribution >= 4 is 32.7 Å². The molecule has 1 aromatic carbocycles. The number of ether oxygens (including phenoxy) is 1. The van der Waals surface area contributed by atoms with Crippen molar-refractivity contribution in [3.05, 3.63) is 17.7 Å². The molecule has 1 unspecified atom stereocenters. The topological polar surface area (TPSA) is 54.5 Å². The van der Waals surface area contributed by atoms with E-state index in [0.29, 0.717) is 18.3 Å². The lowest BCUT2D eigenvalue weighted by atomic mass is 10.1.